The number of carboxylic acid groups (broad SMARTS) is 1. The fourth-order valence-corrected chi connectivity index (χ4v) is 3.31. The van der Waals surface area contributed by atoms with E-state index < -0.39 is 11.9 Å². The van der Waals surface area contributed by atoms with Gasteiger partial charge in [0.1, 0.15) is 0 Å². The van der Waals surface area contributed by atoms with E-state index in [1.165, 1.54) is 12.1 Å². The SMILES string of the molecule is Cc1cccc(C)c1N1C[C@H](C(=O)Nc2cccc(C(=O)O)c2)CC1=O. The zero-order valence-corrected chi connectivity index (χ0v) is 14.7. The third-order valence-electron chi connectivity index (χ3n) is 4.58. The predicted molar refractivity (Wildman–Crippen MR) is 98.4 cm³/mol. The molecule has 2 aromatic rings. The van der Waals surface area contributed by atoms with Crippen LogP contribution in [0.3, 0.4) is 0 Å². The number of hydrogen-bond donors (Lipinski definition) is 2. The van der Waals surface area contributed by atoms with Crippen molar-refractivity contribution in [2.75, 3.05) is 16.8 Å². The molecule has 1 heterocycles. The molecule has 0 aliphatic carbocycles. The quantitative estimate of drug-likeness (QED) is 0.886. The lowest BCUT2D eigenvalue weighted by atomic mass is 10.1. The number of aryl methyl sites for hydroxylation is 2. The number of anilines is 2. The molecule has 26 heavy (non-hydrogen) atoms. The average molecular weight is 352 g/mol. The van der Waals surface area contributed by atoms with E-state index in [-0.39, 0.29) is 23.8 Å². The first kappa shape index (κ1) is 17.7. The van der Waals surface area contributed by atoms with Crippen molar-refractivity contribution >= 4 is 29.2 Å². The molecule has 1 fully saturated rings. The Balaban J connectivity index is 1.75. The van der Waals surface area contributed by atoms with E-state index in [1.807, 2.05) is 32.0 Å². The van der Waals surface area contributed by atoms with Gasteiger partial charge in [0.15, 0.2) is 0 Å². The van der Waals surface area contributed by atoms with E-state index >= 15 is 0 Å². The van der Waals surface area contributed by atoms with Gasteiger partial charge in [-0.1, -0.05) is 24.3 Å². The van der Waals surface area contributed by atoms with Crippen LogP contribution in [-0.4, -0.2) is 29.4 Å². The Bertz CT molecular complexity index is 871. The van der Waals surface area contributed by atoms with Crippen LogP contribution in [0.4, 0.5) is 11.4 Å². The molecule has 1 saturated heterocycles. The number of nitrogens with zero attached hydrogens (tertiary/aromatic N) is 1. The van der Waals surface area contributed by atoms with Gasteiger partial charge in [0, 0.05) is 24.3 Å². The Kier molecular flexibility index (Phi) is 4.75. The van der Waals surface area contributed by atoms with E-state index in [0.717, 1.165) is 16.8 Å². The van der Waals surface area contributed by atoms with E-state index in [4.69, 9.17) is 5.11 Å². The molecule has 0 aromatic heterocycles. The van der Waals surface area contributed by atoms with Gasteiger partial charge in [0.05, 0.1) is 11.5 Å². The molecule has 134 valence electrons. The van der Waals surface area contributed by atoms with Crippen molar-refractivity contribution in [2.24, 2.45) is 5.92 Å². The summed E-state index contributed by atoms with van der Waals surface area (Å²) in [6.45, 7) is 4.20. The normalized spacial score (nSPS) is 16.6. The van der Waals surface area contributed by atoms with Gasteiger partial charge in [-0.2, -0.15) is 0 Å². The largest absolute Gasteiger partial charge is 0.478 e. The molecule has 6 heteroatoms. The maximum absolute atomic E-state index is 12.6. The highest BCUT2D eigenvalue weighted by Crippen LogP contribution is 2.31. The second-order valence-corrected chi connectivity index (χ2v) is 6.52. The summed E-state index contributed by atoms with van der Waals surface area (Å²) in [6, 6.07) is 11.9. The van der Waals surface area contributed by atoms with Gasteiger partial charge in [0.25, 0.3) is 0 Å². The van der Waals surface area contributed by atoms with Crippen LogP contribution in [0.2, 0.25) is 0 Å². The molecule has 0 spiro atoms. The average Bonchev–Trinajstić information content (AvgIpc) is 2.97. The first-order valence-electron chi connectivity index (χ1n) is 8.37. The van der Waals surface area contributed by atoms with Gasteiger partial charge < -0.3 is 15.3 Å². The summed E-state index contributed by atoms with van der Waals surface area (Å²) >= 11 is 0. The summed E-state index contributed by atoms with van der Waals surface area (Å²) in [4.78, 5) is 37.7. The molecule has 6 nitrogen and oxygen atoms in total. The topological polar surface area (TPSA) is 86.7 Å². The zero-order valence-electron chi connectivity index (χ0n) is 14.7. The summed E-state index contributed by atoms with van der Waals surface area (Å²) in [6.07, 6.45) is 0.137. The fourth-order valence-electron chi connectivity index (χ4n) is 3.31. The Morgan fingerprint density at radius 2 is 1.77 bits per heavy atom. The number of amides is 2. The minimum atomic E-state index is -1.06. The number of rotatable bonds is 4. The van der Waals surface area contributed by atoms with Crippen LogP contribution < -0.4 is 10.2 Å². The van der Waals surface area contributed by atoms with E-state index in [2.05, 4.69) is 5.32 Å². The van der Waals surface area contributed by atoms with Gasteiger partial charge in [-0.15, -0.1) is 0 Å². The van der Waals surface area contributed by atoms with Crippen molar-refractivity contribution in [1.82, 2.24) is 0 Å². The molecular formula is C20H20N2O4. The Morgan fingerprint density at radius 3 is 2.42 bits per heavy atom. The van der Waals surface area contributed by atoms with Crippen LogP contribution in [0.5, 0.6) is 0 Å². The number of hydrogen-bond acceptors (Lipinski definition) is 3. The minimum absolute atomic E-state index is 0.0816. The molecule has 2 amide bonds. The lowest BCUT2D eigenvalue weighted by Gasteiger charge is -2.21. The molecule has 3 rings (SSSR count). The van der Waals surface area contributed by atoms with E-state index in [9.17, 15) is 14.4 Å². The molecule has 0 bridgehead atoms. The number of para-hydroxylation sites is 1. The van der Waals surface area contributed by atoms with Crippen LogP contribution in [0.15, 0.2) is 42.5 Å². The summed E-state index contributed by atoms with van der Waals surface area (Å²) in [5.74, 6) is -1.90. The van der Waals surface area contributed by atoms with E-state index in [0.29, 0.717) is 12.2 Å². The van der Waals surface area contributed by atoms with Crippen LogP contribution in [0.1, 0.15) is 27.9 Å². The number of benzene rings is 2. The van der Waals surface area contributed by atoms with Crippen molar-refractivity contribution in [3.05, 3.63) is 59.2 Å². The molecule has 0 unspecified atom stereocenters. The highest BCUT2D eigenvalue weighted by atomic mass is 16.4. The van der Waals surface area contributed by atoms with Crippen molar-refractivity contribution in [1.29, 1.82) is 0 Å². The number of carboxylic acids is 1. The van der Waals surface area contributed by atoms with Gasteiger partial charge >= 0.3 is 5.97 Å². The molecule has 1 aliphatic rings. The third kappa shape index (κ3) is 3.44. The standard InChI is InChI=1S/C20H20N2O4/c1-12-5-3-6-13(2)18(12)22-11-15(10-17(22)23)19(24)21-16-8-4-7-14(9-16)20(25)26/h3-9,15H,10-11H2,1-2H3,(H,21,24)(H,25,26)/t15-/m1/s1. The number of aromatic carboxylic acids is 1. The van der Waals surface area contributed by atoms with Crippen LogP contribution in [0, 0.1) is 19.8 Å². The monoisotopic (exact) mass is 352 g/mol. The highest BCUT2D eigenvalue weighted by Gasteiger charge is 2.36. The molecule has 0 saturated carbocycles. The lowest BCUT2D eigenvalue weighted by Crippen LogP contribution is -2.29. The van der Waals surface area contributed by atoms with Crippen molar-refractivity contribution < 1.29 is 19.5 Å². The Labute approximate surface area is 151 Å². The summed E-state index contributed by atoms with van der Waals surface area (Å²) < 4.78 is 0. The molecule has 2 N–H and O–H groups in total. The maximum atomic E-state index is 12.6. The second-order valence-electron chi connectivity index (χ2n) is 6.52. The van der Waals surface area contributed by atoms with E-state index in [1.54, 1.807) is 17.0 Å². The zero-order chi connectivity index (χ0) is 18.8. The smallest absolute Gasteiger partial charge is 0.335 e. The summed E-state index contributed by atoms with van der Waals surface area (Å²) in [7, 11) is 0. The molecule has 1 aliphatic heterocycles. The van der Waals surface area contributed by atoms with Crippen molar-refractivity contribution in [3.63, 3.8) is 0 Å². The molecule has 2 aromatic carbocycles. The fraction of sp³-hybridized carbons (Fsp3) is 0.250. The van der Waals surface area contributed by atoms with Crippen LogP contribution in [0.25, 0.3) is 0 Å². The Hall–Kier alpha value is -3.15. The van der Waals surface area contributed by atoms with Crippen molar-refractivity contribution in [2.45, 2.75) is 20.3 Å². The molecular weight excluding hydrogens is 332 g/mol. The van der Waals surface area contributed by atoms with Gasteiger partial charge in [-0.25, -0.2) is 4.79 Å². The van der Waals surface area contributed by atoms with Gasteiger partial charge in [0.2, 0.25) is 11.8 Å². The molecule has 0 radical (unpaired) electrons. The first-order valence-corrected chi connectivity index (χ1v) is 8.37. The lowest BCUT2D eigenvalue weighted by molar-refractivity contribution is -0.122. The highest BCUT2D eigenvalue weighted by molar-refractivity contribution is 6.04. The van der Waals surface area contributed by atoms with Crippen LogP contribution >= 0.6 is 0 Å². The predicted octanol–water partition coefficient (Wildman–Crippen LogP) is 2.99. The summed E-state index contributed by atoms with van der Waals surface area (Å²) in [5.41, 5.74) is 3.36. The third-order valence-corrected chi connectivity index (χ3v) is 4.58. The number of nitrogens with one attached hydrogen (secondary N) is 1. The first-order chi connectivity index (χ1) is 12.4. The maximum Gasteiger partial charge on any atom is 0.335 e. The number of carbonyl (C=O) groups excluding carboxylic acids is 2. The minimum Gasteiger partial charge on any atom is -0.478 e. The van der Waals surface area contributed by atoms with Crippen molar-refractivity contribution in [3.8, 4) is 0 Å². The number of carbonyl (C=O) groups is 3. The summed E-state index contributed by atoms with van der Waals surface area (Å²) in [5, 5.41) is 11.8. The Morgan fingerprint density at radius 1 is 1.12 bits per heavy atom. The van der Waals surface area contributed by atoms with Gasteiger partial charge in [-0.3, -0.25) is 9.59 Å². The molecule has 1 atom stereocenters. The second kappa shape index (κ2) is 7.00. The van der Waals surface area contributed by atoms with Gasteiger partial charge in [-0.05, 0) is 43.2 Å². The van der Waals surface area contributed by atoms with Crippen LogP contribution in [-0.2, 0) is 9.59 Å².